The number of benzene rings is 2. The lowest BCUT2D eigenvalue weighted by molar-refractivity contribution is 0.00862. The first-order chi connectivity index (χ1) is 21.4. The number of nitrogens with zero attached hydrogens (tertiary/aromatic N) is 5. The fraction of sp³-hybridized carbons (Fsp3) is 0.441. The third-order valence-corrected chi connectivity index (χ3v) is 10.4. The van der Waals surface area contributed by atoms with Crippen LogP contribution in [0.2, 0.25) is 0 Å². The predicted molar refractivity (Wildman–Crippen MR) is 163 cm³/mol. The predicted octanol–water partition coefficient (Wildman–Crippen LogP) is 5.43. The molecule has 4 fully saturated rings. The van der Waals surface area contributed by atoms with Crippen molar-refractivity contribution in [2.75, 3.05) is 38.3 Å². The summed E-state index contributed by atoms with van der Waals surface area (Å²) in [6, 6.07) is 6.39. The van der Waals surface area contributed by atoms with Crippen LogP contribution in [0.5, 0.6) is 11.8 Å². The first kappa shape index (κ1) is 27.5. The third-order valence-electron chi connectivity index (χ3n) is 10.4. The Hall–Kier alpha value is -4.07. The van der Waals surface area contributed by atoms with Crippen molar-refractivity contribution in [3.63, 3.8) is 0 Å². The second kappa shape index (κ2) is 10.2. The number of piperidine rings is 1. The molecule has 4 unspecified atom stereocenters. The number of hydrogen-bond donors (Lipinski definition) is 1. The second-order valence-corrected chi connectivity index (χ2v) is 12.8. The topological polar surface area (TPSA) is 83.8 Å². The molecule has 2 bridgehead atoms. The number of phenols is 1. The Labute approximate surface area is 254 Å². The number of hydrogen-bond acceptors (Lipinski definition) is 8. The molecular formula is C34H33F2N5O3. The molecule has 1 saturated carbocycles. The van der Waals surface area contributed by atoms with E-state index in [1.54, 1.807) is 6.20 Å². The first-order valence-electron chi connectivity index (χ1n) is 15.3. The van der Waals surface area contributed by atoms with E-state index in [1.165, 1.54) is 24.3 Å². The second-order valence-electron chi connectivity index (χ2n) is 12.8. The maximum Gasteiger partial charge on any atom is 0.319 e. The molecule has 1 aliphatic carbocycles. The van der Waals surface area contributed by atoms with Crippen LogP contribution in [0.3, 0.4) is 0 Å². The van der Waals surface area contributed by atoms with E-state index in [4.69, 9.17) is 20.9 Å². The van der Waals surface area contributed by atoms with E-state index >= 15 is 4.39 Å². The molecule has 4 atom stereocenters. The van der Waals surface area contributed by atoms with Crippen LogP contribution in [0.25, 0.3) is 32.9 Å². The summed E-state index contributed by atoms with van der Waals surface area (Å²) in [7, 11) is 2.19. The van der Waals surface area contributed by atoms with Gasteiger partial charge in [-0.25, -0.2) is 8.78 Å². The molecule has 3 aliphatic heterocycles. The molecule has 2 aromatic heterocycles. The lowest BCUT2D eigenvalue weighted by Gasteiger charge is -2.53. The summed E-state index contributed by atoms with van der Waals surface area (Å²) in [5.41, 5.74) is 0.137. The zero-order valence-electron chi connectivity index (χ0n) is 24.5. The van der Waals surface area contributed by atoms with E-state index in [2.05, 4.69) is 32.7 Å². The Morgan fingerprint density at radius 1 is 1.16 bits per heavy atom. The van der Waals surface area contributed by atoms with E-state index < -0.39 is 11.6 Å². The number of phenolic OH excluding ortho intramolecular Hbond substituents is 1. The zero-order valence-corrected chi connectivity index (χ0v) is 24.5. The molecular weight excluding hydrogens is 564 g/mol. The van der Waals surface area contributed by atoms with Crippen molar-refractivity contribution in [2.24, 2.45) is 5.41 Å². The first-order valence-corrected chi connectivity index (χ1v) is 15.3. The lowest BCUT2D eigenvalue weighted by Crippen LogP contribution is -2.64. The summed E-state index contributed by atoms with van der Waals surface area (Å²) in [5.74, 6) is 1.52. The van der Waals surface area contributed by atoms with E-state index in [0.717, 1.165) is 45.1 Å². The molecule has 0 radical (unpaired) electrons. The molecule has 3 saturated heterocycles. The van der Waals surface area contributed by atoms with Crippen LogP contribution in [0, 0.1) is 29.4 Å². The molecule has 0 amide bonds. The van der Waals surface area contributed by atoms with E-state index in [1.807, 2.05) is 0 Å². The number of morpholine rings is 1. The van der Waals surface area contributed by atoms with Gasteiger partial charge in [0.15, 0.2) is 5.82 Å². The summed E-state index contributed by atoms with van der Waals surface area (Å²) in [6.07, 6.45) is 13.8. The van der Waals surface area contributed by atoms with Crippen molar-refractivity contribution in [1.82, 2.24) is 19.9 Å². The maximum absolute atomic E-state index is 16.8. The third kappa shape index (κ3) is 4.13. The summed E-state index contributed by atoms with van der Waals surface area (Å²) >= 11 is 0. The number of likely N-dealkylation sites (tertiary alicyclic amines) is 1. The van der Waals surface area contributed by atoms with Crippen LogP contribution in [-0.4, -0.2) is 76.5 Å². The van der Waals surface area contributed by atoms with Crippen LogP contribution >= 0.6 is 0 Å². The van der Waals surface area contributed by atoms with Gasteiger partial charge in [0.2, 0.25) is 0 Å². The fourth-order valence-corrected chi connectivity index (χ4v) is 8.29. The molecule has 4 aromatic rings. The van der Waals surface area contributed by atoms with Gasteiger partial charge in [-0.05, 0) is 69.3 Å². The SMILES string of the molecule is C#Cc1c(F)ccc2cc(O)cc(-c3ncc4c(N5C6COCC5C6)nc(OCC56CCCC5N(C)CCC6)nc4c3F)c12. The number of terminal acetylenes is 1. The normalized spacial score (nSPS) is 26.4. The fourth-order valence-electron chi connectivity index (χ4n) is 8.29. The zero-order chi connectivity index (χ0) is 30.2. The summed E-state index contributed by atoms with van der Waals surface area (Å²) in [6.45, 7) is 2.68. The Morgan fingerprint density at radius 2 is 1.98 bits per heavy atom. The number of aromatic nitrogens is 3. The van der Waals surface area contributed by atoms with Crippen molar-refractivity contribution < 1.29 is 23.4 Å². The minimum atomic E-state index is -0.716. The highest BCUT2D eigenvalue weighted by atomic mass is 19.1. The highest BCUT2D eigenvalue weighted by molar-refractivity contribution is 6.03. The highest BCUT2D eigenvalue weighted by Crippen LogP contribution is 2.48. The molecule has 4 aliphatic rings. The Balaban J connectivity index is 1.28. The minimum Gasteiger partial charge on any atom is -0.508 e. The Bertz CT molecular complexity index is 1850. The van der Waals surface area contributed by atoms with Gasteiger partial charge < -0.3 is 24.4 Å². The van der Waals surface area contributed by atoms with Gasteiger partial charge in [0.1, 0.15) is 28.6 Å². The standard InChI is InChI=1S/C34H33F2N5O3/c1-3-23-26(35)8-7-19-12-22(42)14-24(28(19)23)30-29(36)31-25(15-37-30)32(41-20-13-21(41)17-43-16-20)39-33(38-31)44-18-34-9-4-6-27(34)40(2)11-5-10-34/h1,7-8,12,14-15,20-21,27,42H,4-6,9-11,13,16-18H2,2H3. The molecule has 8 nitrogen and oxygen atoms in total. The summed E-state index contributed by atoms with van der Waals surface area (Å²) in [4.78, 5) is 18.6. The summed E-state index contributed by atoms with van der Waals surface area (Å²) < 4.78 is 43.7. The molecule has 8 rings (SSSR count). The minimum absolute atomic E-state index is 0.0186. The van der Waals surface area contributed by atoms with Crippen LogP contribution < -0.4 is 9.64 Å². The lowest BCUT2D eigenvalue weighted by atomic mass is 9.76. The number of fused-ring (bicyclic) bond motifs is 5. The average molecular weight is 598 g/mol. The van der Waals surface area contributed by atoms with Gasteiger partial charge in [-0.1, -0.05) is 18.4 Å². The quantitative estimate of drug-likeness (QED) is 0.305. The van der Waals surface area contributed by atoms with Crippen molar-refractivity contribution >= 4 is 27.5 Å². The van der Waals surface area contributed by atoms with Crippen molar-refractivity contribution in [2.45, 2.75) is 56.7 Å². The monoisotopic (exact) mass is 597 g/mol. The number of ether oxygens (including phenoxy) is 2. The molecule has 2 aromatic carbocycles. The number of aromatic hydroxyl groups is 1. The van der Waals surface area contributed by atoms with Crippen LogP contribution in [0.1, 0.15) is 44.1 Å². The maximum atomic E-state index is 16.8. The smallest absolute Gasteiger partial charge is 0.319 e. The van der Waals surface area contributed by atoms with Crippen molar-refractivity contribution in [3.05, 3.63) is 47.7 Å². The average Bonchev–Trinajstić information content (AvgIpc) is 3.46. The van der Waals surface area contributed by atoms with E-state index in [9.17, 15) is 9.50 Å². The number of rotatable bonds is 5. The van der Waals surface area contributed by atoms with Gasteiger partial charge in [-0.3, -0.25) is 4.98 Å². The van der Waals surface area contributed by atoms with Crippen molar-refractivity contribution in [3.8, 4) is 35.4 Å². The molecule has 226 valence electrons. The van der Waals surface area contributed by atoms with Gasteiger partial charge >= 0.3 is 6.01 Å². The van der Waals surface area contributed by atoms with Crippen LogP contribution in [0.15, 0.2) is 30.5 Å². The number of pyridine rings is 1. The molecule has 44 heavy (non-hydrogen) atoms. The number of anilines is 1. The molecule has 10 heteroatoms. The van der Waals surface area contributed by atoms with E-state index in [0.29, 0.717) is 47.8 Å². The largest absolute Gasteiger partial charge is 0.508 e. The Kier molecular flexibility index (Phi) is 6.40. The Morgan fingerprint density at radius 3 is 2.77 bits per heavy atom. The molecule has 0 spiro atoms. The van der Waals surface area contributed by atoms with Gasteiger partial charge in [-0.2, -0.15) is 9.97 Å². The molecule has 1 N–H and O–H groups in total. The van der Waals surface area contributed by atoms with Gasteiger partial charge in [0.25, 0.3) is 0 Å². The number of halogens is 2. The van der Waals surface area contributed by atoms with Crippen LogP contribution in [-0.2, 0) is 4.74 Å². The highest BCUT2D eigenvalue weighted by Gasteiger charge is 2.48. The van der Waals surface area contributed by atoms with Gasteiger partial charge in [-0.15, -0.1) is 6.42 Å². The molecule has 5 heterocycles. The van der Waals surface area contributed by atoms with Gasteiger partial charge in [0.05, 0.1) is 42.9 Å². The van der Waals surface area contributed by atoms with Crippen LogP contribution in [0.4, 0.5) is 14.6 Å². The van der Waals surface area contributed by atoms with E-state index in [-0.39, 0.29) is 51.6 Å². The van der Waals surface area contributed by atoms with Gasteiger partial charge in [0, 0.05) is 28.6 Å². The van der Waals surface area contributed by atoms with Crippen molar-refractivity contribution in [1.29, 1.82) is 0 Å². The summed E-state index contributed by atoms with van der Waals surface area (Å²) in [5, 5.41) is 11.7.